The SMILES string of the molecule is C=C/C(=C\C=C\N)C(=O)OCCCCCC. The van der Waals surface area contributed by atoms with E-state index in [1.165, 1.54) is 25.1 Å². The number of hydrogen-bond donors (Lipinski definition) is 1. The molecule has 0 unspecified atom stereocenters. The van der Waals surface area contributed by atoms with Crippen molar-refractivity contribution in [3.63, 3.8) is 0 Å². The van der Waals surface area contributed by atoms with E-state index >= 15 is 0 Å². The summed E-state index contributed by atoms with van der Waals surface area (Å²) < 4.78 is 5.09. The van der Waals surface area contributed by atoms with Gasteiger partial charge in [-0.2, -0.15) is 0 Å². The number of allylic oxidation sites excluding steroid dienone is 2. The van der Waals surface area contributed by atoms with E-state index in [0.717, 1.165) is 12.8 Å². The molecule has 0 saturated heterocycles. The monoisotopic (exact) mass is 223 g/mol. The number of hydrogen-bond acceptors (Lipinski definition) is 3. The Kier molecular flexibility index (Phi) is 9.08. The van der Waals surface area contributed by atoms with Crippen molar-refractivity contribution in [2.75, 3.05) is 6.61 Å². The minimum atomic E-state index is -0.343. The van der Waals surface area contributed by atoms with E-state index in [4.69, 9.17) is 10.5 Å². The van der Waals surface area contributed by atoms with Crippen molar-refractivity contribution in [1.82, 2.24) is 0 Å². The molecule has 0 aliphatic heterocycles. The van der Waals surface area contributed by atoms with E-state index in [9.17, 15) is 4.79 Å². The van der Waals surface area contributed by atoms with Crippen LogP contribution in [-0.2, 0) is 9.53 Å². The highest BCUT2D eigenvalue weighted by Gasteiger charge is 2.05. The smallest absolute Gasteiger partial charge is 0.338 e. The van der Waals surface area contributed by atoms with Gasteiger partial charge in [-0.3, -0.25) is 0 Å². The van der Waals surface area contributed by atoms with Gasteiger partial charge < -0.3 is 10.5 Å². The van der Waals surface area contributed by atoms with Crippen molar-refractivity contribution in [3.05, 3.63) is 36.6 Å². The molecule has 2 N–H and O–H groups in total. The van der Waals surface area contributed by atoms with Crippen LogP contribution in [0.3, 0.4) is 0 Å². The van der Waals surface area contributed by atoms with Gasteiger partial charge in [-0.15, -0.1) is 0 Å². The molecule has 0 aromatic rings. The molecule has 0 atom stereocenters. The molecule has 0 heterocycles. The lowest BCUT2D eigenvalue weighted by atomic mass is 10.2. The third-order valence-electron chi connectivity index (χ3n) is 2.07. The second-order valence-corrected chi connectivity index (χ2v) is 3.41. The first-order chi connectivity index (χ1) is 7.76. The number of ether oxygens (including phenoxy) is 1. The molecule has 0 spiro atoms. The van der Waals surface area contributed by atoms with Gasteiger partial charge in [-0.1, -0.05) is 38.8 Å². The average Bonchev–Trinajstić information content (AvgIpc) is 2.30. The van der Waals surface area contributed by atoms with E-state index in [1.807, 2.05) is 0 Å². The van der Waals surface area contributed by atoms with Crippen LogP contribution in [0.1, 0.15) is 32.6 Å². The molecule has 90 valence electrons. The van der Waals surface area contributed by atoms with Gasteiger partial charge in [-0.05, 0) is 24.8 Å². The lowest BCUT2D eigenvalue weighted by Gasteiger charge is -2.04. The summed E-state index contributed by atoms with van der Waals surface area (Å²) in [5.74, 6) is -0.343. The average molecular weight is 223 g/mol. The topological polar surface area (TPSA) is 52.3 Å². The van der Waals surface area contributed by atoms with Crippen molar-refractivity contribution in [1.29, 1.82) is 0 Å². The van der Waals surface area contributed by atoms with Crippen molar-refractivity contribution in [2.24, 2.45) is 5.73 Å². The van der Waals surface area contributed by atoms with E-state index in [1.54, 1.807) is 12.2 Å². The maximum absolute atomic E-state index is 11.5. The van der Waals surface area contributed by atoms with Gasteiger partial charge in [0.2, 0.25) is 0 Å². The molecule has 0 fully saturated rings. The van der Waals surface area contributed by atoms with Gasteiger partial charge >= 0.3 is 5.97 Å². The zero-order chi connectivity index (χ0) is 12.2. The van der Waals surface area contributed by atoms with Crippen molar-refractivity contribution >= 4 is 5.97 Å². The lowest BCUT2D eigenvalue weighted by Crippen LogP contribution is -2.07. The van der Waals surface area contributed by atoms with Crippen LogP contribution < -0.4 is 5.73 Å². The summed E-state index contributed by atoms with van der Waals surface area (Å²) in [5, 5.41) is 0. The highest BCUT2D eigenvalue weighted by atomic mass is 16.5. The Morgan fingerprint density at radius 2 is 2.12 bits per heavy atom. The maximum atomic E-state index is 11.5. The summed E-state index contributed by atoms with van der Waals surface area (Å²) in [6.45, 7) is 6.16. The summed E-state index contributed by atoms with van der Waals surface area (Å²) in [6, 6.07) is 0. The van der Waals surface area contributed by atoms with Gasteiger partial charge in [0.05, 0.1) is 12.2 Å². The van der Waals surface area contributed by atoms with Crippen molar-refractivity contribution in [2.45, 2.75) is 32.6 Å². The summed E-state index contributed by atoms with van der Waals surface area (Å²) in [5.41, 5.74) is 5.60. The molecule has 0 aromatic carbocycles. The molecule has 0 aromatic heterocycles. The number of carbonyl (C=O) groups is 1. The van der Waals surface area contributed by atoms with Crippen LogP contribution in [-0.4, -0.2) is 12.6 Å². The molecule has 0 bridgehead atoms. The number of nitrogens with two attached hydrogens (primary N) is 1. The first kappa shape index (κ1) is 14.5. The van der Waals surface area contributed by atoms with Crippen LogP contribution in [0.25, 0.3) is 0 Å². The van der Waals surface area contributed by atoms with E-state index < -0.39 is 0 Å². The molecular formula is C13H21NO2. The fourth-order valence-corrected chi connectivity index (χ4v) is 1.16. The Hall–Kier alpha value is -1.51. The van der Waals surface area contributed by atoms with Crippen LogP contribution in [0.15, 0.2) is 36.6 Å². The highest BCUT2D eigenvalue weighted by molar-refractivity contribution is 5.91. The van der Waals surface area contributed by atoms with E-state index in [0.29, 0.717) is 12.2 Å². The molecule has 0 aliphatic carbocycles. The second-order valence-electron chi connectivity index (χ2n) is 3.41. The second kappa shape index (κ2) is 10.0. The molecule has 0 rings (SSSR count). The van der Waals surface area contributed by atoms with Crippen LogP contribution in [0.5, 0.6) is 0 Å². The largest absolute Gasteiger partial charge is 0.462 e. The van der Waals surface area contributed by atoms with Gasteiger partial charge in [0.1, 0.15) is 0 Å². The Balaban J connectivity index is 3.89. The summed E-state index contributed by atoms with van der Waals surface area (Å²) >= 11 is 0. The Morgan fingerprint density at radius 1 is 1.38 bits per heavy atom. The molecule has 0 radical (unpaired) electrons. The molecule has 0 saturated carbocycles. The normalized spacial score (nSPS) is 11.7. The Morgan fingerprint density at radius 3 is 2.69 bits per heavy atom. The summed E-state index contributed by atoms with van der Waals surface area (Å²) in [4.78, 5) is 11.5. The predicted octanol–water partition coefficient (Wildman–Crippen LogP) is 2.69. The minimum Gasteiger partial charge on any atom is -0.462 e. The number of carbonyl (C=O) groups excluding carboxylic acids is 1. The first-order valence-electron chi connectivity index (χ1n) is 5.64. The molecule has 3 nitrogen and oxygen atoms in total. The van der Waals surface area contributed by atoms with Gasteiger partial charge in [0.25, 0.3) is 0 Å². The Bertz CT molecular complexity index is 267. The van der Waals surface area contributed by atoms with E-state index in [2.05, 4.69) is 13.5 Å². The van der Waals surface area contributed by atoms with Gasteiger partial charge in [0.15, 0.2) is 0 Å². The first-order valence-corrected chi connectivity index (χ1v) is 5.64. The highest BCUT2D eigenvalue weighted by Crippen LogP contribution is 2.03. The van der Waals surface area contributed by atoms with Gasteiger partial charge in [-0.25, -0.2) is 4.79 Å². The standard InChI is InChI=1S/C13H21NO2/c1-3-5-6-7-11-16-13(15)12(4-2)9-8-10-14/h4,8-10H,2-3,5-7,11,14H2,1H3/b10-8+,12-9+. The number of unbranched alkanes of at least 4 members (excludes halogenated alkanes) is 3. The minimum absolute atomic E-state index is 0.343. The summed E-state index contributed by atoms with van der Waals surface area (Å²) in [6.07, 6.45) is 10.4. The van der Waals surface area contributed by atoms with Crippen molar-refractivity contribution in [3.8, 4) is 0 Å². The quantitative estimate of drug-likeness (QED) is 0.298. The Labute approximate surface area is 97.7 Å². The molecule has 0 amide bonds. The fourth-order valence-electron chi connectivity index (χ4n) is 1.16. The number of rotatable bonds is 8. The summed E-state index contributed by atoms with van der Waals surface area (Å²) in [7, 11) is 0. The molecule has 16 heavy (non-hydrogen) atoms. The zero-order valence-electron chi connectivity index (χ0n) is 9.95. The van der Waals surface area contributed by atoms with Gasteiger partial charge in [0, 0.05) is 0 Å². The van der Waals surface area contributed by atoms with Crippen LogP contribution in [0, 0.1) is 0 Å². The molecule has 0 aliphatic rings. The lowest BCUT2D eigenvalue weighted by molar-refractivity contribution is -0.138. The van der Waals surface area contributed by atoms with Crippen molar-refractivity contribution < 1.29 is 9.53 Å². The third kappa shape index (κ3) is 6.87. The maximum Gasteiger partial charge on any atom is 0.338 e. The zero-order valence-corrected chi connectivity index (χ0v) is 9.95. The van der Waals surface area contributed by atoms with Crippen LogP contribution >= 0.6 is 0 Å². The molecule has 3 heteroatoms. The fraction of sp³-hybridized carbons (Fsp3) is 0.462. The van der Waals surface area contributed by atoms with Crippen LogP contribution in [0.2, 0.25) is 0 Å². The number of esters is 1. The van der Waals surface area contributed by atoms with E-state index in [-0.39, 0.29) is 5.97 Å². The molecular weight excluding hydrogens is 202 g/mol. The van der Waals surface area contributed by atoms with Crippen LogP contribution in [0.4, 0.5) is 0 Å². The predicted molar refractivity (Wildman–Crippen MR) is 66.7 cm³/mol. The third-order valence-corrected chi connectivity index (χ3v) is 2.07.